The van der Waals surface area contributed by atoms with Crippen LogP contribution in [0.3, 0.4) is 0 Å². The van der Waals surface area contributed by atoms with Gasteiger partial charge in [-0.2, -0.15) is 5.26 Å². The summed E-state index contributed by atoms with van der Waals surface area (Å²) in [5, 5.41) is 19.8. The summed E-state index contributed by atoms with van der Waals surface area (Å²) in [5.74, 6) is -0.441. The summed E-state index contributed by atoms with van der Waals surface area (Å²) < 4.78 is 5.38. The maximum Gasteiger partial charge on any atom is 0.254 e. The zero-order chi connectivity index (χ0) is 26.4. The quantitative estimate of drug-likeness (QED) is 0.342. The first-order valence-electron chi connectivity index (χ1n) is 11.5. The number of ether oxygens (including phenoxy) is 1. The summed E-state index contributed by atoms with van der Waals surface area (Å²) >= 11 is 2.78. The SMILES string of the molecule is COc1ccccc1NC(=O)C1=C(C)NC(SCC(=O)Nc2ccccc2)=C(C#N)C1c1ccc(C)s1. The molecule has 2 heterocycles. The Morgan fingerprint density at radius 1 is 1.05 bits per heavy atom. The predicted octanol–water partition coefficient (Wildman–Crippen LogP) is 5.77. The van der Waals surface area contributed by atoms with Gasteiger partial charge >= 0.3 is 0 Å². The summed E-state index contributed by atoms with van der Waals surface area (Å²) in [6.07, 6.45) is 0. The van der Waals surface area contributed by atoms with E-state index in [1.54, 1.807) is 19.2 Å². The number of nitrogens with one attached hydrogen (secondary N) is 3. The van der Waals surface area contributed by atoms with Gasteiger partial charge in [0.05, 0.1) is 41.1 Å². The monoisotopic (exact) mass is 530 g/mol. The average molecular weight is 531 g/mol. The predicted molar refractivity (Wildman–Crippen MR) is 149 cm³/mol. The first-order chi connectivity index (χ1) is 17.9. The first kappa shape index (κ1) is 26.1. The molecule has 3 aromatic rings. The molecule has 37 heavy (non-hydrogen) atoms. The van der Waals surface area contributed by atoms with Crippen molar-refractivity contribution in [2.24, 2.45) is 0 Å². The highest BCUT2D eigenvalue weighted by Crippen LogP contribution is 2.43. The molecule has 0 spiro atoms. The van der Waals surface area contributed by atoms with E-state index in [1.165, 1.54) is 23.1 Å². The molecule has 0 radical (unpaired) electrons. The molecular formula is C28H26N4O3S2. The molecular weight excluding hydrogens is 504 g/mol. The molecule has 0 aliphatic carbocycles. The molecule has 1 aromatic heterocycles. The van der Waals surface area contributed by atoms with Crippen molar-refractivity contribution >= 4 is 46.3 Å². The number of benzene rings is 2. The normalized spacial score (nSPS) is 15.0. The topological polar surface area (TPSA) is 103 Å². The summed E-state index contributed by atoms with van der Waals surface area (Å²) in [7, 11) is 1.54. The minimum atomic E-state index is -0.570. The van der Waals surface area contributed by atoms with Crippen LogP contribution in [0.15, 0.2) is 88.6 Å². The van der Waals surface area contributed by atoms with Gasteiger partial charge in [-0.3, -0.25) is 9.59 Å². The third-order valence-electron chi connectivity index (χ3n) is 5.70. The van der Waals surface area contributed by atoms with E-state index in [9.17, 15) is 14.9 Å². The van der Waals surface area contributed by atoms with E-state index in [-0.39, 0.29) is 17.6 Å². The van der Waals surface area contributed by atoms with Gasteiger partial charge in [-0.05, 0) is 50.2 Å². The number of carbonyl (C=O) groups excluding carboxylic acids is 2. The van der Waals surface area contributed by atoms with Crippen LogP contribution >= 0.6 is 23.1 Å². The maximum absolute atomic E-state index is 13.6. The second kappa shape index (κ2) is 11.8. The number of thioether (sulfide) groups is 1. The van der Waals surface area contributed by atoms with Crippen molar-refractivity contribution in [2.45, 2.75) is 19.8 Å². The number of carbonyl (C=O) groups is 2. The zero-order valence-electron chi connectivity index (χ0n) is 20.6. The fourth-order valence-corrected chi connectivity index (χ4v) is 5.90. The minimum Gasteiger partial charge on any atom is -0.495 e. The van der Waals surface area contributed by atoms with Crippen molar-refractivity contribution in [1.82, 2.24) is 5.32 Å². The number of nitriles is 1. The van der Waals surface area contributed by atoms with E-state index in [1.807, 2.05) is 68.4 Å². The van der Waals surface area contributed by atoms with Crippen LogP contribution < -0.4 is 20.7 Å². The molecule has 2 amide bonds. The van der Waals surface area contributed by atoms with E-state index >= 15 is 0 Å². The van der Waals surface area contributed by atoms with E-state index in [4.69, 9.17) is 4.74 Å². The number of dihydropyridines is 1. The van der Waals surface area contributed by atoms with Gasteiger partial charge in [0.2, 0.25) is 5.91 Å². The van der Waals surface area contributed by atoms with Crippen molar-refractivity contribution in [1.29, 1.82) is 5.26 Å². The van der Waals surface area contributed by atoms with Crippen molar-refractivity contribution in [3.8, 4) is 11.8 Å². The van der Waals surface area contributed by atoms with E-state index in [0.29, 0.717) is 39.0 Å². The number of anilines is 2. The van der Waals surface area contributed by atoms with Crippen LogP contribution in [0.1, 0.15) is 22.6 Å². The van der Waals surface area contributed by atoms with E-state index in [2.05, 4.69) is 22.0 Å². The number of thiophene rings is 1. The Balaban J connectivity index is 1.63. The minimum absolute atomic E-state index is 0.106. The van der Waals surface area contributed by atoms with Crippen molar-refractivity contribution < 1.29 is 14.3 Å². The number of rotatable bonds is 8. The van der Waals surface area contributed by atoms with Crippen LogP contribution in [0.4, 0.5) is 11.4 Å². The molecule has 1 aliphatic rings. The number of para-hydroxylation sites is 3. The lowest BCUT2D eigenvalue weighted by atomic mass is 9.86. The highest BCUT2D eigenvalue weighted by atomic mass is 32.2. The summed E-state index contributed by atoms with van der Waals surface area (Å²) in [6, 6.07) is 22.6. The lowest BCUT2D eigenvalue weighted by Crippen LogP contribution is -2.31. The van der Waals surface area contributed by atoms with Crippen LogP contribution in [-0.2, 0) is 9.59 Å². The molecule has 1 atom stereocenters. The molecule has 0 bridgehead atoms. The molecule has 0 saturated carbocycles. The van der Waals surface area contributed by atoms with Gasteiger partial charge in [0.25, 0.3) is 5.91 Å². The second-order valence-electron chi connectivity index (χ2n) is 8.26. The number of hydrogen-bond donors (Lipinski definition) is 3. The Morgan fingerprint density at radius 2 is 1.78 bits per heavy atom. The summed E-state index contributed by atoms with van der Waals surface area (Å²) in [5.41, 5.74) is 2.71. The number of aryl methyl sites for hydroxylation is 1. The molecule has 1 unspecified atom stereocenters. The van der Waals surface area contributed by atoms with Crippen LogP contribution in [0.5, 0.6) is 5.75 Å². The maximum atomic E-state index is 13.6. The largest absolute Gasteiger partial charge is 0.495 e. The van der Waals surface area contributed by atoms with Gasteiger partial charge < -0.3 is 20.7 Å². The molecule has 188 valence electrons. The number of hydrogen-bond acceptors (Lipinski definition) is 7. The number of allylic oxidation sites excluding steroid dienone is 2. The number of amides is 2. The molecule has 4 rings (SSSR count). The van der Waals surface area contributed by atoms with Gasteiger partial charge in [-0.25, -0.2) is 0 Å². The Kier molecular flexibility index (Phi) is 8.33. The van der Waals surface area contributed by atoms with Crippen molar-refractivity contribution in [3.05, 3.63) is 98.4 Å². The Labute approximate surface area is 224 Å². The number of nitrogens with zero attached hydrogens (tertiary/aromatic N) is 1. The molecule has 9 heteroatoms. The van der Waals surface area contributed by atoms with Gasteiger partial charge in [0.1, 0.15) is 5.75 Å². The van der Waals surface area contributed by atoms with Crippen LogP contribution in [0.25, 0.3) is 0 Å². The van der Waals surface area contributed by atoms with Gasteiger partial charge in [-0.15, -0.1) is 11.3 Å². The number of methoxy groups -OCH3 is 1. The molecule has 1 aliphatic heterocycles. The summed E-state index contributed by atoms with van der Waals surface area (Å²) in [4.78, 5) is 28.1. The van der Waals surface area contributed by atoms with E-state index in [0.717, 1.165) is 9.75 Å². The highest BCUT2D eigenvalue weighted by molar-refractivity contribution is 8.03. The second-order valence-corrected chi connectivity index (χ2v) is 10.6. The first-order valence-corrected chi connectivity index (χ1v) is 13.3. The van der Waals surface area contributed by atoms with Gasteiger partial charge in [0.15, 0.2) is 0 Å². The van der Waals surface area contributed by atoms with Crippen LogP contribution in [0, 0.1) is 18.3 Å². The Bertz CT molecular complexity index is 1420. The van der Waals surface area contributed by atoms with Crippen LogP contribution in [0.2, 0.25) is 0 Å². The zero-order valence-corrected chi connectivity index (χ0v) is 22.3. The molecule has 2 aromatic carbocycles. The van der Waals surface area contributed by atoms with Crippen molar-refractivity contribution in [3.63, 3.8) is 0 Å². The lowest BCUT2D eigenvalue weighted by molar-refractivity contribution is -0.114. The van der Waals surface area contributed by atoms with Crippen molar-refractivity contribution in [2.75, 3.05) is 23.5 Å². The summed E-state index contributed by atoms with van der Waals surface area (Å²) in [6.45, 7) is 3.79. The van der Waals surface area contributed by atoms with Crippen LogP contribution in [-0.4, -0.2) is 24.7 Å². The Morgan fingerprint density at radius 3 is 2.46 bits per heavy atom. The standard InChI is InChI=1S/C28H26N4O3S2/c1-17-13-14-23(37-17)26-20(15-29)28(36-16-24(33)31-19-9-5-4-6-10-19)30-18(2)25(26)27(34)32-21-11-7-8-12-22(21)35-3/h4-14,26,30H,16H2,1-3H3,(H,31,33)(H,32,34). The van der Waals surface area contributed by atoms with E-state index < -0.39 is 5.92 Å². The average Bonchev–Trinajstić information content (AvgIpc) is 3.33. The molecule has 7 nitrogen and oxygen atoms in total. The fourth-order valence-electron chi connectivity index (χ4n) is 4.01. The molecule has 0 saturated heterocycles. The third kappa shape index (κ3) is 6.05. The lowest BCUT2D eigenvalue weighted by Gasteiger charge is -2.29. The molecule has 3 N–H and O–H groups in total. The fraction of sp³-hybridized carbons (Fsp3) is 0.179. The van der Waals surface area contributed by atoms with Gasteiger partial charge in [0, 0.05) is 26.7 Å². The third-order valence-corrected chi connectivity index (χ3v) is 7.78. The smallest absolute Gasteiger partial charge is 0.254 e. The Hall–Kier alpha value is -4.00. The highest BCUT2D eigenvalue weighted by Gasteiger charge is 2.36. The molecule has 0 fully saturated rings. The van der Waals surface area contributed by atoms with Gasteiger partial charge in [-0.1, -0.05) is 42.1 Å².